The van der Waals surface area contributed by atoms with Gasteiger partial charge < -0.3 is 0 Å². The minimum Gasteiger partial charge on any atom is -0.295 e. The molecule has 0 aliphatic heterocycles. The lowest BCUT2D eigenvalue weighted by Gasteiger charge is -2.30. The standard InChI is InChI=1S/C9H14O/c1-7-6-8(10)4-5-9(7,2)3/h4-5,7H,6H2,1-3H3/t7-/m1/s1. The smallest absolute Gasteiger partial charge is 0.155 e. The predicted octanol–water partition coefficient (Wildman–Crippen LogP) is 2.18. The van der Waals surface area contributed by atoms with Crippen molar-refractivity contribution in [3.8, 4) is 0 Å². The number of rotatable bonds is 0. The molecule has 1 heteroatoms. The van der Waals surface area contributed by atoms with Crippen LogP contribution in [0.15, 0.2) is 12.2 Å². The molecule has 1 atom stereocenters. The summed E-state index contributed by atoms with van der Waals surface area (Å²) >= 11 is 0. The van der Waals surface area contributed by atoms with Crippen LogP contribution in [0.25, 0.3) is 0 Å². The summed E-state index contributed by atoms with van der Waals surface area (Å²) < 4.78 is 0. The largest absolute Gasteiger partial charge is 0.295 e. The first-order valence-corrected chi connectivity index (χ1v) is 3.74. The number of carbonyl (C=O) groups is 1. The van der Waals surface area contributed by atoms with Gasteiger partial charge in [-0.05, 0) is 17.4 Å². The lowest BCUT2D eigenvalue weighted by molar-refractivity contribution is -0.116. The molecule has 10 heavy (non-hydrogen) atoms. The third-order valence-electron chi connectivity index (χ3n) is 2.48. The van der Waals surface area contributed by atoms with Gasteiger partial charge in [0.1, 0.15) is 0 Å². The Kier molecular flexibility index (Phi) is 1.67. The van der Waals surface area contributed by atoms with Crippen LogP contribution in [-0.4, -0.2) is 5.78 Å². The van der Waals surface area contributed by atoms with E-state index in [0.717, 1.165) is 0 Å². The maximum Gasteiger partial charge on any atom is 0.155 e. The number of ketones is 1. The molecule has 0 heterocycles. The molecule has 0 spiro atoms. The summed E-state index contributed by atoms with van der Waals surface area (Å²) in [5, 5.41) is 0. The van der Waals surface area contributed by atoms with Gasteiger partial charge in [0, 0.05) is 6.42 Å². The Balaban J connectivity index is 2.82. The average molecular weight is 138 g/mol. The van der Waals surface area contributed by atoms with Crippen LogP contribution >= 0.6 is 0 Å². The normalized spacial score (nSPS) is 30.7. The molecule has 0 saturated heterocycles. The SMILES string of the molecule is C[C@@H]1CC(=O)C=CC1(C)C. The van der Waals surface area contributed by atoms with Crippen LogP contribution < -0.4 is 0 Å². The van der Waals surface area contributed by atoms with Crippen molar-refractivity contribution in [3.05, 3.63) is 12.2 Å². The van der Waals surface area contributed by atoms with Crippen molar-refractivity contribution in [2.24, 2.45) is 11.3 Å². The molecule has 1 rings (SSSR count). The highest BCUT2D eigenvalue weighted by atomic mass is 16.1. The number of hydrogen-bond donors (Lipinski definition) is 0. The van der Waals surface area contributed by atoms with Crippen molar-refractivity contribution in [3.63, 3.8) is 0 Å². The fourth-order valence-electron chi connectivity index (χ4n) is 1.10. The monoisotopic (exact) mass is 138 g/mol. The van der Waals surface area contributed by atoms with Crippen LogP contribution in [0.2, 0.25) is 0 Å². The molecule has 0 fully saturated rings. The van der Waals surface area contributed by atoms with Crippen molar-refractivity contribution in [1.82, 2.24) is 0 Å². The maximum absolute atomic E-state index is 10.9. The lowest BCUT2D eigenvalue weighted by atomic mass is 9.74. The van der Waals surface area contributed by atoms with E-state index in [1.54, 1.807) is 6.08 Å². The van der Waals surface area contributed by atoms with Crippen LogP contribution in [0.1, 0.15) is 27.2 Å². The van der Waals surface area contributed by atoms with Gasteiger partial charge in [-0.2, -0.15) is 0 Å². The van der Waals surface area contributed by atoms with Gasteiger partial charge >= 0.3 is 0 Å². The van der Waals surface area contributed by atoms with Crippen molar-refractivity contribution in [2.45, 2.75) is 27.2 Å². The van der Waals surface area contributed by atoms with Gasteiger partial charge in [-0.15, -0.1) is 0 Å². The van der Waals surface area contributed by atoms with E-state index in [-0.39, 0.29) is 11.2 Å². The number of carbonyl (C=O) groups excluding carboxylic acids is 1. The summed E-state index contributed by atoms with van der Waals surface area (Å²) in [5.41, 5.74) is 0.216. The summed E-state index contributed by atoms with van der Waals surface area (Å²) in [6.07, 6.45) is 4.44. The third-order valence-corrected chi connectivity index (χ3v) is 2.48. The van der Waals surface area contributed by atoms with Crippen LogP contribution in [0, 0.1) is 11.3 Å². The number of allylic oxidation sites excluding steroid dienone is 2. The van der Waals surface area contributed by atoms with E-state index in [2.05, 4.69) is 20.8 Å². The molecule has 0 radical (unpaired) electrons. The quantitative estimate of drug-likeness (QED) is 0.501. The first-order valence-electron chi connectivity index (χ1n) is 3.74. The average Bonchev–Trinajstić information content (AvgIpc) is 1.81. The third kappa shape index (κ3) is 1.28. The molecular formula is C9H14O. The summed E-state index contributed by atoms with van der Waals surface area (Å²) in [6.45, 7) is 6.46. The van der Waals surface area contributed by atoms with Crippen molar-refractivity contribution in [1.29, 1.82) is 0 Å². The molecule has 0 aromatic carbocycles. The molecule has 1 nitrogen and oxygen atoms in total. The van der Waals surface area contributed by atoms with E-state index in [1.165, 1.54) is 0 Å². The first-order chi connectivity index (χ1) is 4.52. The highest BCUT2D eigenvalue weighted by molar-refractivity contribution is 5.90. The van der Waals surface area contributed by atoms with E-state index in [4.69, 9.17) is 0 Å². The topological polar surface area (TPSA) is 17.1 Å². The summed E-state index contributed by atoms with van der Waals surface area (Å²) in [5.74, 6) is 0.761. The fraction of sp³-hybridized carbons (Fsp3) is 0.667. The molecule has 0 N–H and O–H groups in total. The number of hydrogen-bond acceptors (Lipinski definition) is 1. The molecule has 0 saturated carbocycles. The van der Waals surface area contributed by atoms with Crippen LogP contribution in [0.5, 0.6) is 0 Å². The summed E-state index contributed by atoms with van der Waals surface area (Å²) in [6, 6.07) is 0. The zero-order valence-corrected chi connectivity index (χ0v) is 6.85. The van der Waals surface area contributed by atoms with Gasteiger partial charge in [0.2, 0.25) is 0 Å². The van der Waals surface area contributed by atoms with E-state index >= 15 is 0 Å². The Morgan fingerprint density at radius 2 is 2.20 bits per heavy atom. The minimum absolute atomic E-state index is 0.216. The fourth-order valence-corrected chi connectivity index (χ4v) is 1.10. The second-order valence-electron chi connectivity index (χ2n) is 3.73. The Morgan fingerprint density at radius 3 is 2.60 bits per heavy atom. The predicted molar refractivity (Wildman–Crippen MR) is 41.7 cm³/mol. The second-order valence-corrected chi connectivity index (χ2v) is 3.73. The van der Waals surface area contributed by atoms with Crippen molar-refractivity contribution >= 4 is 5.78 Å². The Hall–Kier alpha value is -0.590. The maximum atomic E-state index is 10.9. The van der Waals surface area contributed by atoms with Crippen molar-refractivity contribution in [2.75, 3.05) is 0 Å². The van der Waals surface area contributed by atoms with Gasteiger partial charge in [-0.3, -0.25) is 4.79 Å². The highest BCUT2D eigenvalue weighted by Crippen LogP contribution is 2.33. The molecule has 0 amide bonds. The molecule has 0 aromatic rings. The van der Waals surface area contributed by atoms with E-state index in [0.29, 0.717) is 12.3 Å². The van der Waals surface area contributed by atoms with E-state index < -0.39 is 0 Å². The lowest BCUT2D eigenvalue weighted by Crippen LogP contribution is -2.25. The van der Waals surface area contributed by atoms with Gasteiger partial charge in [-0.25, -0.2) is 0 Å². The second kappa shape index (κ2) is 2.22. The van der Waals surface area contributed by atoms with Gasteiger partial charge in [0.15, 0.2) is 5.78 Å². The summed E-state index contributed by atoms with van der Waals surface area (Å²) in [7, 11) is 0. The first kappa shape index (κ1) is 7.52. The Morgan fingerprint density at radius 1 is 1.60 bits per heavy atom. The molecule has 0 unspecified atom stereocenters. The molecule has 0 aromatic heterocycles. The molecule has 56 valence electrons. The van der Waals surface area contributed by atoms with Gasteiger partial charge in [0.25, 0.3) is 0 Å². The zero-order chi connectivity index (χ0) is 7.78. The molecule has 1 aliphatic rings. The van der Waals surface area contributed by atoms with Crippen LogP contribution in [0.4, 0.5) is 0 Å². The van der Waals surface area contributed by atoms with Crippen LogP contribution in [-0.2, 0) is 4.79 Å². The van der Waals surface area contributed by atoms with Gasteiger partial charge in [-0.1, -0.05) is 26.8 Å². The molecule has 1 aliphatic carbocycles. The minimum atomic E-state index is 0.216. The zero-order valence-electron chi connectivity index (χ0n) is 6.85. The highest BCUT2D eigenvalue weighted by Gasteiger charge is 2.27. The van der Waals surface area contributed by atoms with Crippen LogP contribution in [0.3, 0.4) is 0 Å². The molecule has 0 bridgehead atoms. The van der Waals surface area contributed by atoms with E-state index in [9.17, 15) is 4.79 Å². The molecular weight excluding hydrogens is 124 g/mol. The van der Waals surface area contributed by atoms with E-state index in [1.807, 2.05) is 6.08 Å². The van der Waals surface area contributed by atoms with Gasteiger partial charge in [0.05, 0.1) is 0 Å². The Labute approximate surface area is 62.1 Å². The van der Waals surface area contributed by atoms with Crippen molar-refractivity contribution < 1.29 is 4.79 Å². The summed E-state index contributed by atoms with van der Waals surface area (Å²) in [4.78, 5) is 10.9. The Bertz CT molecular complexity index is 177.